The molecule has 1 heterocycles. The van der Waals surface area contributed by atoms with Crippen molar-refractivity contribution in [3.8, 4) is 0 Å². The number of hydrogen-bond acceptors (Lipinski definition) is 2. The molecule has 1 fully saturated rings. The van der Waals surface area contributed by atoms with Crippen LogP contribution in [0.5, 0.6) is 0 Å². The second kappa shape index (κ2) is 5.27. The van der Waals surface area contributed by atoms with Crippen LogP contribution in [0.4, 0.5) is 0 Å². The first kappa shape index (κ1) is 13.2. The number of carboxylic acids is 1. The number of para-hydroxylation sites is 1. The van der Waals surface area contributed by atoms with Crippen LogP contribution in [0.25, 0.3) is 11.0 Å². The smallest absolute Gasteiger partial charge is 0.337 e. The van der Waals surface area contributed by atoms with Gasteiger partial charge in [-0.25, -0.2) is 9.78 Å². The van der Waals surface area contributed by atoms with Gasteiger partial charge in [0.15, 0.2) is 0 Å². The van der Waals surface area contributed by atoms with Crippen molar-refractivity contribution in [3.63, 3.8) is 0 Å². The molecule has 0 unspecified atom stereocenters. The van der Waals surface area contributed by atoms with E-state index in [1.807, 2.05) is 12.1 Å². The number of aromatic nitrogens is 2. The van der Waals surface area contributed by atoms with E-state index in [1.54, 1.807) is 6.07 Å². The SMILES string of the molecule is CCCc1nc2c(C(=O)O)cccc2n1CC1CCC1. The highest BCUT2D eigenvalue weighted by Gasteiger charge is 2.22. The van der Waals surface area contributed by atoms with Gasteiger partial charge < -0.3 is 9.67 Å². The number of benzene rings is 1. The average molecular weight is 272 g/mol. The molecule has 1 aromatic heterocycles. The normalized spacial score (nSPS) is 15.4. The minimum Gasteiger partial charge on any atom is -0.478 e. The van der Waals surface area contributed by atoms with Gasteiger partial charge in [0, 0.05) is 13.0 Å². The van der Waals surface area contributed by atoms with Crippen LogP contribution < -0.4 is 0 Å². The molecule has 0 aliphatic heterocycles. The molecule has 1 N–H and O–H groups in total. The number of nitrogens with zero attached hydrogens (tertiary/aromatic N) is 2. The number of carboxylic acid groups (broad SMARTS) is 1. The van der Waals surface area contributed by atoms with E-state index < -0.39 is 5.97 Å². The Kier molecular flexibility index (Phi) is 3.47. The van der Waals surface area contributed by atoms with E-state index in [0.717, 1.165) is 36.6 Å². The average Bonchev–Trinajstić information content (AvgIpc) is 2.71. The van der Waals surface area contributed by atoms with E-state index in [-0.39, 0.29) is 0 Å². The first-order chi connectivity index (χ1) is 9.70. The molecule has 2 aromatic rings. The third-order valence-electron chi connectivity index (χ3n) is 4.23. The summed E-state index contributed by atoms with van der Waals surface area (Å²) >= 11 is 0. The maximum absolute atomic E-state index is 11.3. The molecule has 4 heteroatoms. The van der Waals surface area contributed by atoms with Crippen LogP contribution in [-0.4, -0.2) is 20.6 Å². The van der Waals surface area contributed by atoms with E-state index in [4.69, 9.17) is 0 Å². The second-order valence-electron chi connectivity index (χ2n) is 5.66. The van der Waals surface area contributed by atoms with Gasteiger partial charge in [-0.2, -0.15) is 0 Å². The van der Waals surface area contributed by atoms with E-state index in [1.165, 1.54) is 19.3 Å². The number of carbonyl (C=O) groups is 1. The topological polar surface area (TPSA) is 55.1 Å². The van der Waals surface area contributed by atoms with Crippen molar-refractivity contribution >= 4 is 17.0 Å². The molecule has 106 valence electrons. The summed E-state index contributed by atoms with van der Waals surface area (Å²) in [5.74, 6) is 0.867. The molecule has 0 bridgehead atoms. The van der Waals surface area contributed by atoms with Crippen LogP contribution in [0.3, 0.4) is 0 Å². The largest absolute Gasteiger partial charge is 0.478 e. The van der Waals surface area contributed by atoms with E-state index in [2.05, 4.69) is 16.5 Å². The maximum Gasteiger partial charge on any atom is 0.337 e. The Morgan fingerprint density at radius 1 is 1.45 bits per heavy atom. The highest BCUT2D eigenvalue weighted by molar-refractivity contribution is 6.01. The van der Waals surface area contributed by atoms with Gasteiger partial charge in [0.2, 0.25) is 0 Å². The van der Waals surface area contributed by atoms with Gasteiger partial charge >= 0.3 is 5.97 Å². The zero-order chi connectivity index (χ0) is 14.1. The highest BCUT2D eigenvalue weighted by Crippen LogP contribution is 2.30. The summed E-state index contributed by atoms with van der Waals surface area (Å²) in [5, 5.41) is 9.30. The van der Waals surface area contributed by atoms with Crippen molar-refractivity contribution in [2.45, 2.75) is 45.6 Å². The van der Waals surface area contributed by atoms with Crippen LogP contribution in [0, 0.1) is 5.92 Å². The fraction of sp³-hybridized carbons (Fsp3) is 0.500. The van der Waals surface area contributed by atoms with E-state index in [0.29, 0.717) is 11.1 Å². The lowest BCUT2D eigenvalue weighted by Gasteiger charge is -2.26. The Morgan fingerprint density at radius 2 is 2.25 bits per heavy atom. The molecule has 3 rings (SSSR count). The number of aromatic carboxylic acids is 1. The molecule has 1 aromatic carbocycles. The van der Waals surface area contributed by atoms with Crippen LogP contribution in [0.1, 0.15) is 48.8 Å². The molecule has 0 saturated heterocycles. The number of aryl methyl sites for hydroxylation is 1. The summed E-state index contributed by atoms with van der Waals surface area (Å²) in [7, 11) is 0. The summed E-state index contributed by atoms with van der Waals surface area (Å²) in [5.41, 5.74) is 1.93. The Balaban J connectivity index is 2.10. The van der Waals surface area contributed by atoms with Crippen LogP contribution in [-0.2, 0) is 13.0 Å². The van der Waals surface area contributed by atoms with Crippen molar-refractivity contribution in [2.75, 3.05) is 0 Å². The number of fused-ring (bicyclic) bond motifs is 1. The van der Waals surface area contributed by atoms with E-state index in [9.17, 15) is 9.90 Å². The van der Waals surface area contributed by atoms with Crippen molar-refractivity contribution in [1.82, 2.24) is 9.55 Å². The zero-order valence-corrected chi connectivity index (χ0v) is 11.8. The minimum atomic E-state index is -0.896. The molecule has 0 spiro atoms. The zero-order valence-electron chi connectivity index (χ0n) is 11.8. The highest BCUT2D eigenvalue weighted by atomic mass is 16.4. The predicted octanol–water partition coefficient (Wildman–Crippen LogP) is 3.49. The van der Waals surface area contributed by atoms with Gasteiger partial charge in [0.05, 0.1) is 11.1 Å². The third kappa shape index (κ3) is 2.19. The van der Waals surface area contributed by atoms with Gasteiger partial charge in [0.1, 0.15) is 11.3 Å². The molecular formula is C16H20N2O2. The van der Waals surface area contributed by atoms with Gasteiger partial charge in [-0.3, -0.25) is 0 Å². The number of hydrogen-bond donors (Lipinski definition) is 1. The molecule has 0 radical (unpaired) electrons. The molecule has 1 saturated carbocycles. The first-order valence-electron chi connectivity index (χ1n) is 7.42. The van der Waals surface area contributed by atoms with Crippen molar-refractivity contribution in [1.29, 1.82) is 0 Å². The fourth-order valence-corrected chi connectivity index (χ4v) is 2.92. The summed E-state index contributed by atoms with van der Waals surface area (Å²) in [6.07, 6.45) is 5.81. The Bertz CT molecular complexity index is 641. The standard InChI is InChI=1S/C16H20N2O2/c1-2-5-14-17-15-12(16(19)20)8-4-9-13(15)18(14)10-11-6-3-7-11/h4,8-9,11H,2-3,5-7,10H2,1H3,(H,19,20). The monoisotopic (exact) mass is 272 g/mol. The fourth-order valence-electron chi connectivity index (χ4n) is 2.92. The molecule has 20 heavy (non-hydrogen) atoms. The van der Waals surface area contributed by atoms with E-state index >= 15 is 0 Å². The Morgan fingerprint density at radius 3 is 2.85 bits per heavy atom. The summed E-state index contributed by atoms with van der Waals surface area (Å²) in [6.45, 7) is 3.11. The molecular weight excluding hydrogens is 252 g/mol. The van der Waals surface area contributed by atoms with Crippen LogP contribution in [0.2, 0.25) is 0 Å². The predicted molar refractivity (Wildman–Crippen MR) is 78.0 cm³/mol. The molecule has 4 nitrogen and oxygen atoms in total. The molecule has 0 atom stereocenters. The lowest BCUT2D eigenvalue weighted by Crippen LogP contribution is -2.19. The summed E-state index contributed by atoms with van der Waals surface area (Å²) < 4.78 is 2.25. The summed E-state index contributed by atoms with van der Waals surface area (Å²) in [6, 6.07) is 5.45. The summed E-state index contributed by atoms with van der Waals surface area (Å²) in [4.78, 5) is 16.0. The number of rotatable bonds is 5. The van der Waals surface area contributed by atoms with Gasteiger partial charge in [-0.15, -0.1) is 0 Å². The van der Waals surface area contributed by atoms with Crippen molar-refractivity contribution in [2.24, 2.45) is 5.92 Å². The Labute approximate surface area is 118 Å². The second-order valence-corrected chi connectivity index (χ2v) is 5.66. The molecule has 1 aliphatic carbocycles. The lowest BCUT2D eigenvalue weighted by molar-refractivity contribution is 0.0699. The lowest BCUT2D eigenvalue weighted by atomic mass is 9.85. The third-order valence-corrected chi connectivity index (χ3v) is 4.23. The number of imidazole rings is 1. The van der Waals surface area contributed by atoms with Crippen LogP contribution in [0.15, 0.2) is 18.2 Å². The van der Waals surface area contributed by atoms with Gasteiger partial charge in [0.25, 0.3) is 0 Å². The van der Waals surface area contributed by atoms with Gasteiger partial charge in [-0.05, 0) is 37.3 Å². The molecule has 1 aliphatic rings. The Hall–Kier alpha value is -1.84. The minimum absolute atomic E-state index is 0.312. The van der Waals surface area contributed by atoms with Crippen LogP contribution >= 0.6 is 0 Å². The molecule has 0 amide bonds. The quantitative estimate of drug-likeness (QED) is 0.906. The van der Waals surface area contributed by atoms with Crippen molar-refractivity contribution in [3.05, 3.63) is 29.6 Å². The maximum atomic E-state index is 11.3. The first-order valence-corrected chi connectivity index (χ1v) is 7.42. The van der Waals surface area contributed by atoms with Gasteiger partial charge in [-0.1, -0.05) is 19.4 Å². The van der Waals surface area contributed by atoms with Crippen molar-refractivity contribution < 1.29 is 9.90 Å².